The predicted octanol–water partition coefficient (Wildman–Crippen LogP) is 2.83. The first-order valence-corrected chi connectivity index (χ1v) is 6.73. The van der Waals surface area contributed by atoms with Crippen molar-refractivity contribution < 1.29 is 0 Å². The first kappa shape index (κ1) is 11.8. The van der Waals surface area contributed by atoms with Gasteiger partial charge in [0, 0.05) is 28.9 Å². The summed E-state index contributed by atoms with van der Waals surface area (Å²) in [6, 6.07) is 7.12. The lowest BCUT2D eigenvalue weighted by Crippen LogP contribution is -2.33. The summed E-state index contributed by atoms with van der Waals surface area (Å²) in [5.41, 5.74) is 8.54. The van der Waals surface area contributed by atoms with Gasteiger partial charge in [-0.1, -0.05) is 26.8 Å². The van der Waals surface area contributed by atoms with E-state index in [0.29, 0.717) is 12.6 Å². The molecule has 0 spiro atoms. The van der Waals surface area contributed by atoms with Crippen LogP contribution in [0.4, 0.5) is 5.69 Å². The number of nitrogens with two attached hydrogens (primary N) is 1. The number of fused-ring (bicyclic) bond motifs is 1. The Labute approximate surface area is 102 Å². The van der Waals surface area contributed by atoms with Gasteiger partial charge in [-0.05, 0) is 23.1 Å². The molecule has 3 N–H and O–H groups in total. The molecule has 1 aliphatic rings. The highest BCUT2D eigenvalue weighted by molar-refractivity contribution is 7.99. The summed E-state index contributed by atoms with van der Waals surface area (Å²) in [6.07, 6.45) is 0. The van der Waals surface area contributed by atoms with Gasteiger partial charge in [0.15, 0.2) is 0 Å². The Morgan fingerprint density at radius 1 is 1.44 bits per heavy atom. The molecule has 0 amide bonds. The molecule has 0 saturated heterocycles. The first-order valence-electron chi connectivity index (χ1n) is 5.74. The van der Waals surface area contributed by atoms with Crippen molar-refractivity contribution in [1.29, 1.82) is 0 Å². The zero-order chi connectivity index (χ0) is 11.8. The highest BCUT2D eigenvalue weighted by Crippen LogP contribution is 2.36. The van der Waals surface area contributed by atoms with Gasteiger partial charge in [0.05, 0.1) is 0 Å². The third kappa shape index (κ3) is 2.36. The first-order chi connectivity index (χ1) is 7.50. The third-order valence-corrected chi connectivity index (χ3v) is 4.15. The Bertz CT molecular complexity index is 382. The summed E-state index contributed by atoms with van der Waals surface area (Å²) in [4.78, 5) is 1.36. The van der Waals surface area contributed by atoms with Crippen LogP contribution >= 0.6 is 11.8 Å². The summed E-state index contributed by atoms with van der Waals surface area (Å²) >= 11 is 1.91. The largest absolute Gasteiger partial charge is 0.379 e. The molecular formula is C13H20N2S. The van der Waals surface area contributed by atoms with E-state index in [1.165, 1.54) is 16.1 Å². The molecule has 0 radical (unpaired) electrons. The Hall–Kier alpha value is -0.670. The Kier molecular flexibility index (Phi) is 3.17. The van der Waals surface area contributed by atoms with Crippen LogP contribution in [0.1, 0.15) is 26.3 Å². The summed E-state index contributed by atoms with van der Waals surface area (Å²) in [7, 11) is 0. The van der Waals surface area contributed by atoms with Gasteiger partial charge in [0.2, 0.25) is 0 Å². The van der Waals surface area contributed by atoms with E-state index in [-0.39, 0.29) is 5.41 Å². The van der Waals surface area contributed by atoms with Crippen molar-refractivity contribution in [2.24, 2.45) is 5.73 Å². The van der Waals surface area contributed by atoms with Crippen molar-refractivity contribution >= 4 is 17.4 Å². The summed E-state index contributed by atoms with van der Waals surface area (Å²) in [5, 5.41) is 3.48. The normalized spacial score (nSPS) is 20.1. The molecule has 1 aromatic rings. The highest BCUT2D eigenvalue weighted by Gasteiger charge is 2.20. The van der Waals surface area contributed by atoms with Crippen LogP contribution in [-0.4, -0.2) is 18.3 Å². The van der Waals surface area contributed by atoms with Gasteiger partial charge >= 0.3 is 0 Å². The van der Waals surface area contributed by atoms with E-state index in [0.717, 1.165) is 5.75 Å². The van der Waals surface area contributed by atoms with E-state index in [9.17, 15) is 0 Å². The minimum atomic E-state index is 0.223. The van der Waals surface area contributed by atoms with Gasteiger partial charge in [-0.3, -0.25) is 0 Å². The highest BCUT2D eigenvalue weighted by atomic mass is 32.2. The number of anilines is 1. The van der Waals surface area contributed by atoms with Gasteiger partial charge in [-0.2, -0.15) is 0 Å². The summed E-state index contributed by atoms with van der Waals surface area (Å²) < 4.78 is 0. The molecular weight excluding hydrogens is 216 g/mol. The second-order valence-corrected chi connectivity index (χ2v) is 6.41. The van der Waals surface area contributed by atoms with Crippen molar-refractivity contribution in [3.05, 3.63) is 23.8 Å². The van der Waals surface area contributed by atoms with Crippen molar-refractivity contribution in [3.8, 4) is 0 Å². The molecule has 88 valence electrons. The maximum atomic E-state index is 5.68. The molecule has 2 rings (SSSR count). The van der Waals surface area contributed by atoms with E-state index in [1.807, 2.05) is 11.8 Å². The SMILES string of the molecule is CC(C)(C)c1ccc2c(c1)SCC(CN)N2. The van der Waals surface area contributed by atoms with E-state index in [2.05, 4.69) is 44.3 Å². The van der Waals surface area contributed by atoms with Gasteiger partial charge < -0.3 is 11.1 Å². The van der Waals surface area contributed by atoms with Crippen LogP contribution in [-0.2, 0) is 5.41 Å². The number of nitrogens with one attached hydrogen (secondary N) is 1. The van der Waals surface area contributed by atoms with Gasteiger partial charge in [-0.15, -0.1) is 11.8 Å². The second kappa shape index (κ2) is 4.30. The lowest BCUT2D eigenvalue weighted by Gasteiger charge is -2.28. The summed E-state index contributed by atoms with van der Waals surface area (Å²) in [5.74, 6) is 1.07. The van der Waals surface area contributed by atoms with Gasteiger partial charge in [0.1, 0.15) is 0 Å². The van der Waals surface area contributed by atoms with Gasteiger partial charge in [0.25, 0.3) is 0 Å². The average molecular weight is 236 g/mol. The van der Waals surface area contributed by atoms with Crippen molar-refractivity contribution in [3.63, 3.8) is 0 Å². The Morgan fingerprint density at radius 2 is 2.19 bits per heavy atom. The fourth-order valence-electron chi connectivity index (χ4n) is 1.81. The van der Waals surface area contributed by atoms with Crippen LogP contribution < -0.4 is 11.1 Å². The summed E-state index contributed by atoms with van der Waals surface area (Å²) in [6.45, 7) is 7.45. The molecule has 0 aromatic heterocycles. The van der Waals surface area contributed by atoms with Crippen molar-refractivity contribution in [2.75, 3.05) is 17.6 Å². The van der Waals surface area contributed by atoms with Crippen LogP contribution in [0.25, 0.3) is 0 Å². The Morgan fingerprint density at radius 3 is 2.81 bits per heavy atom. The fourth-order valence-corrected chi connectivity index (χ4v) is 2.90. The minimum Gasteiger partial charge on any atom is -0.379 e. The molecule has 0 bridgehead atoms. The molecule has 0 aliphatic carbocycles. The van der Waals surface area contributed by atoms with E-state index < -0.39 is 0 Å². The maximum Gasteiger partial charge on any atom is 0.0481 e. The smallest absolute Gasteiger partial charge is 0.0481 e. The molecule has 1 atom stereocenters. The molecule has 3 heteroatoms. The molecule has 2 nitrogen and oxygen atoms in total. The minimum absolute atomic E-state index is 0.223. The van der Waals surface area contributed by atoms with Crippen LogP contribution in [0.3, 0.4) is 0 Å². The molecule has 0 saturated carbocycles. The molecule has 1 aliphatic heterocycles. The van der Waals surface area contributed by atoms with Crippen LogP contribution in [0.5, 0.6) is 0 Å². The monoisotopic (exact) mass is 236 g/mol. The zero-order valence-electron chi connectivity index (χ0n) is 10.2. The number of benzene rings is 1. The van der Waals surface area contributed by atoms with Gasteiger partial charge in [-0.25, -0.2) is 0 Å². The number of hydrogen-bond acceptors (Lipinski definition) is 3. The number of hydrogen-bond donors (Lipinski definition) is 2. The molecule has 1 aromatic carbocycles. The Balaban J connectivity index is 2.28. The van der Waals surface area contributed by atoms with Crippen molar-refractivity contribution in [2.45, 2.75) is 37.1 Å². The lowest BCUT2D eigenvalue weighted by atomic mass is 9.87. The van der Waals surface area contributed by atoms with Crippen molar-refractivity contribution in [1.82, 2.24) is 0 Å². The molecule has 0 fully saturated rings. The lowest BCUT2D eigenvalue weighted by molar-refractivity contribution is 0.588. The third-order valence-electron chi connectivity index (χ3n) is 2.93. The van der Waals surface area contributed by atoms with E-state index in [1.54, 1.807) is 0 Å². The quantitative estimate of drug-likeness (QED) is 0.787. The average Bonchev–Trinajstić information content (AvgIpc) is 2.26. The van der Waals surface area contributed by atoms with E-state index >= 15 is 0 Å². The standard InChI is InChI=1S/C13H20N2S/c1-13(2,3)9-4-5-11-12(6-9)16-8-10(7-14)15-11/h4-6,10,15H,7-8,14H2,1-3H3. The molecule has 16 heavy (non-hydrogen) atoms. The second-order valence-electron chi connectivity index (χ2n) is 5.35. The zero-order valence-corrected chi connectivity index (χ0v) is 11.0. The number of rotatable bonds is 1. The van der Waals surface area contributed by atoms with Crippen LogP contribution in [0.2, 0.25) is 0 Å². The van der Waals surface area contributed by atoms with E-state index in [4.69, 9.17) is 5.73 Å². The topological polar surface area (TPSA) is 38.0 Å². The van der Waals surface area contributed by atoms with Crippen LogP contribution in [0.15, 0.2) is 23.1 Å². The van der Waals surface area contributed by atoms with Crippen LogP contribution in [0, 0.1) is 0 Å². The number of thioether (sulfide) groups is 1. The predicted molar refractivity (Wildman–Crippen MR) is 72.3 cm³/mol. The molecule has 1 heterocycles. The molecule has 1 unspecified atom stereocenters. The maximum absolute atomic E-state index is 5.68. The fraction of sp³-hybridized carbons (Fsp3) is 0.538.